The van der Waals surface area contributed by atoms with E-state index in [0.29, 0.717) is 0 Å². The van der Waals surface area contributed by atoms with Crippen molar-refractivity contribution in [1.82, 2.24) is 9.97 Å². The van der Waals surface area contributed by atoms with Crippen LogP contribution >= 0.6 is 0 Å². The molecule has 16 heavy (non-hydrogen) atoms. The Morgan fingerprint density at radius 1 is 0.562 bits per heavy atom. The molecule has 3 rings (SSSR count). The predicted molar refractivity (Wildman–Crippen MR) is 57.6 cm³/mol. The molecule has 0 fully saturated rings. The second-order valence-electron chi connectivity index (χ2n) is 3.51. The monoisotopic (exact) mass is 216 g/mol. The van der Waals surface area contributed by atoms with E-state index in [2.05, 4.69) is 9.97 Å². The summed E-state index contributed by atoms with van der Waals surface area (Å²) in [6.45, 7) is 0. The van der Waals surface area contributed by atoms with Crippen LogP contribution in [0.1, 0.15) is 0 Å². The topological polar surface area (TPSA) is 99.9 Å². The third-order valence-electron chi connectivity index (χ3n) is 2.59. The highest BCUT2D eigenvalue weighted by Crippen LogP contribution is 2.12. The first kappa shape index (κ1) is 8.78. The molecule has 0 aliphatic heterocycles. The number of fused-ring (bicyclic) bond motifs is 2. The zero-order valence-electron chi connectivity index (χ0n) is 7.79. The van der Waals surface area contributed by atoms with Gasteiger partial charge in [-0.25, -0.2) is 0 Å². The molecule has 2 N–H and O–H groups in total. The lowest BCUT2D eigenvalue weighted by atomic mass is 10.1. The number of hydrogen-bond acceptors (Lipinski definition) is 4. The fourth-order valence-electron chi connectivity index (χ4n) is 1.83. The van der Waals surface area contributed by atoms with Crippen molar-refractivity contribution in [1.29, 1.82) is 0 Å². The largest absolute Gasteiger partial charge is 0.288 e. The van der Waals surface area contributed by atoms with Crippen molar-refractivity contribution < 1.29 is 0 Å². The van der Waals surface area contributed by atoms with Crippen molar-refractivity contribution in [2.24, 2.45) is 0 Å². The van der Waals surface area contributed by atoms with Gasteiger partial charge in [-0.3, -0.25) is 29.1 Å². The maximum absolute atomic E-state index is 11.3. The number of rotatable bonds is 0. The van der Waals surface area contributed by atoms with Crippen molar-refractivity contribution in [3.05, 3.63) is 53.5 Å². The van der Waals surface area contributed by atoms with Gasteiger partial charge in [-0.1, -0.05) is 0 Å². The zero-order valence-corrected chi connectivity index (χ0v) is 7.79. The van der Waals surface area contributed by atoms with Gasteiger partial charge in [-0.15, -0.1) is 0 Å². The molecule has 0 spiro atoms. The maximum Gasteiger partial charge on any atom is 0.258 e. The van der Waals surface area contributed by atoms with Crippen LogP contribution in [-0.2, 0) is 0 Å². The van der Waals surface area contributed by atoms with Crippen LogP contribution in [-0.4, -0.2) is 9.97 Å². The first-order valence-corrected chi connectivity index (χ1v) is 4.47. The third-order valence-corrected chi connectivity index (χ3v) is 2.59. The molecule has 0 aliphatic rings. The van der Waals surface area contributed by atoms with Gasteiger partial charge in [0.1, 0.15) is 0 Å². The molecule has 0 saturated heterocycles. The summed E-state index contributed by atoms with van der Waals surface area (Å²) in [5, 5.41) is 0.532. The highest BCUT2D eigenvalue weighted by Gasteiger charge is 2.12. The van der Waals surface area contributed by atoms with Crippen molar-refractivity contribution in [2.45, 2.75) is 0 Å². The molecule has 2 heterocycles. The number of aromatic amines is 2. The smallest absolute Gasteiger partial charge is 0.258 e. The van der Waals surface area contributed by atoms with Crippen LogP contribution < -0.4 is 22.2 Å². The summed E-state index contributed by atoms with van der Waals surface area (Å²) in [4.78, 5) is 49.4. The Labute approximate surface area is 85.9 Å². The van der Waals surface area contributed by atoms with Gasteiger partial charge < -0.3 is 0 Å². The number of H-pyrrole nitrogens is 2. The Kier molecular flexibility index (Phi) is 1.40. The lowest BCUT2D eigenvalue weighted by molar-refractivity contribution is 1.26. The SMILES string of the molecule is O=c1[nH]c(=O)c2cc3c(=O)[nH]c(=O)c3cc12. The number of nitrogens with one attached hydrogen (secondary N) is 2. The van der Waals surface area contributed by atoms with Crippen molar-refractivity contribution in [3.8, 4) is 0 Å². The highest BCUT2D eigenvalue weighted by molar-refractivity contribution is 5.97. The highest BCUT2D eigenvalue weighted by atomic mass is 16.2. The van der Waals surface area contributed by atoms with Crippen molar-refractivity contribution in [2.75, 3.05) is 0 Å². The van der Waals surface area contributed by atoms with E-state index in [1.54, 1.807) is 0 Å². The molecule has 2 aromatic heterocycles. The Hall–Kier alpha value is -2.50. The normalized spacial score (nSPS) is 11.5. The van der Waals surface area contributed by atoms with Crippen LogP contribution in [0.25, 0.3) is 21.5 Å². The zero-order chi connectivity index (χ0) is 11.4. The van der Waals surface area contributed by atoms with Crippen LogP contribution in [0.2, 0.25) is 0 Å². The molecule has 0 atom stereocenters. The summed E-state index contributed by atoms with van der Waals surface area (Å²) in [6.07, 6.45) is 0. The summed E-state index contributed by atoms with van der Waals surface area (Å²) in [5.74, 6) is 0. The standard InChI is InChI=1S/C10H4N2O4/c13-7-3-1-4-6(10(16)12-8(4)14)2-5(3)9(15)11-7/h1-2H,(H,11,13,15)(H,12,14,16). The van der Waals surface area contributed by atoms with Gasteiger partial charge in [0.05, 0.1) is 21.5 Å². The van der Waals surface area contributed by atoms with Crippen molar-refractivity contribution in [3.63, 3.8) is 0 Å². The van der Waals surface area contributed by atoms with Crippen LogP contribution in [0, 0.1) is 0 Å². The van der Waals surface area contributed by atoms with E-state index in [9.17, 15) is 19.2 Å². The molecule has 1 aromatic carbocycles. The second-order valence-corrected chi connectivity index (χ2v) is 3.51. The van der Waals surface area contributed by atoms with Gasteiger partial charge in [0.15, 0.2) is 0 Å². The predicted octanol–water partition coefficient (Wildman–Crippen LogP) is -1.03. The van der Waals surface area contributed by atoms with Gasteiger partial charge in [-0.2, -0.15) is 0 Å². The molecule has 0 amide bonds. The minimum absolute atomic E-state index is 0.133. The molecule has 0 saturated carbocycles. The van der Waals surface area contributed by atoms with E-state index in [-0.39, 0.29) is 21.5 Å². The van der Waals surface area contributed by atoms with Crippen LogP contribution in [0.3, 0.4) is 0 Å². The van der Waals surface area contributed by atoms with Gasteiger partial charge in [0.2, 0.25) is 0 Å². The van der Waals surface area contributed by atoms with Gasteiger partial charge in [0, 0.05) is 0 Å². The lowest BCUT2D eigenvalue weighted by Gasteiger charge is -1.86. The fraction of sp³-hybridized carbons (Fsp3) is 0. The maximum atomic E-state index is 11.3. The molecular weight excluding hydrogens is 212 g/mol. The van der Waals surface area contributed by atoms with Crippen LogP contribution in [0.15, 0.2) is 31.3 Å². The summed E-state index contributed by atoms with van der Waals surface area (Å²) in [6, 6.07) is 2.54. The summed E-state index contributed by atoms with van der Waals surface area (Å²) >= 11 is 0. The minimum Gasteiger partial charge on any atom is -0.288 e. The van der Waals surface area contributed by atoms with Crippen LogP contribution in [0.5, 0.6) is 0 Å². The van der Waals surface area contributed by atoms with Gasteiger partial charge in [-0.05, 0) is 12.1 Å². The van der Waals surface area contributed by atoms with Gasteiger partial charge in [0.25, 0.3) is 22.2 Å². The summed E-state index contributed by atoms with van der Waals surface area (Å²) in [5.41, 5.74) is -2.19. The van der Waals surface area contributed by atoms with E-state index >= 15 is 0 Å². The fourth-order valence-corrected chi connectivity index (χ4v) is 1.83. The second kappa shape index (κ2) is 2.54. The molecule has 0 radical (unpaired) electrons. The lowest BCUT2D eigenvalue weighted by Crippen LogP contribution is -2.06. The first-order valence-electron chi connectivity index (χ1n) is 4.47. The molecular formula is C10H4N2O4. The molecule has 0 bridgehead atoms. The summed E-state index contributed by atoms with van der Waals surface area (Å²) < 4.78 is 0. The van der Waals surface area contributed by atoms with E-state index in [1.165, 1.54) is 12.1 Å². The Bertz CT molecular complexity index is 775. The van der Waals surface area contributed by atoms with Crippen LogP contribution in [0.4, 0.5) is 0 Å². The average Bonchev–Trinajstić information content (AvgIpc) is 2.67. The van der Waals surface area contributed by atoms with E-state index < -0.39 is 22.2 Å². The van der Waals surface area contributed by atoms with E-state index in [1.807, 2.05) is 0 Å². The Morgan fingerprint density at radius 2 is 0.812 bits per heavy atom. The van der Waals surface area contributed by atoms with E-state index in [0.717, 1.165) is 0 Å². The minimum atomic E-state index is -0.546. The Balaban J connectivity index is 2.80. The van der Waals surface area contributed by atoms with E-state index in [4.69, 9.17) is 0 Å². The Morgan fingerprint density at radius 3 is 1.06 bits per heavy atom. The van der Waals surface area contributed by atoms with Gasteiger partial charge >= 0.3 is 0 Å². The molecule has 78 valence electrons. The molecule has 6 nitrogen and oxygen atoms in total. The first-order chi connectivity index (χ1) is 7.58. The third kappa shape index (κ3) is 0.902. The number of hydrogen-bond donors (Lipinski definition) is 2. The van der Waals surface area contributed by atoms with Crippen molar-refractivity contribution >= 4 is 21.5 Å². The molecule has 0 aliphatic carbocycles. The average molecular weight is 216 g/mol. The number of aromatic nitrogens is 2. The molecule has 0 unspecified atom stereocenters. The summed E-state index contributed by atoms with van der Waals surface area (Å²) in [7, 11) is 0. The molecule has 6 heteroatoms. The quantitative estimate of drug-likeness (QED) is 0.501. The molecule has 3 aromatic rings. The number of benzene rings is 1.